The Bertz CT molecular complexity index is 1400. The number of amides is 1. The van der Waals surface area contributed by atoms with Crippen molar-refractivity contribution in [3.8, 4) is 0 Å². The molecule has 0 bridgehead atoms. The third kappa shape index (κ3) is 4.79. The summed E-state index contributed by atoms with van der Waals surface area (Å²) in [6.07, 6.45) is 0.0931. The van der Waals surface area contributed by atoms with E-state index in [1.165, 1.54) is 6.07 Å². The number of hydrogen-bond donors (Lipinski definition) is 2. The first-order valence-electron chi connectivity index (χ1n) is 13.3. The number of anilines is 1. The number of halogens is 5. The Kier molecular flexibility index (Phi) is 6.50. The predicted molar refractivity (Wildman–Crippen MR) is 132 cm³/mol. The first kappa shape index (κ1) is 26.9. The zero-order valence-corrected chi connectivity index (χ0v) is 21.8. The van der Waals surface area contributed by atoms with E-state index in [1.807, 2.05) is 0 Å². The van der Waals surface area contributed by atoms with Crippen LogP contribution in [0, 0.1) is 18.7 Å². The van der Waals surface area contributed by atoms with Gasteiger partial charge in [0.15, 0.2) is 5.82 Å². The van der Waals surface area contributed by atoms with E-state index in [1.54, 1.807) is 13.0 Å². The Morgan fingerprint density at radius 3 is 2.40 bits per heavy atom. The summed E-state index contributed by atoms with van der Waals surface area (Å²) in [7, 11) is 0. The van der Waals surface area contributed by atoms with Crippen LogP contribution < -0.4 is 5.32 Å². The molecule has 4 heterocycles. The molecule has 1 atom stereocenters. The Labute approximate surface area is 225 Å². The Balaban J connectivity index is 1.37. The molecule has 40 heavy (non-hydrogen) atoms. The molecule has 216 valence electrons. The monoisotopic (exact) mass is 568 g/mol. The number of nitrogens with zero attached hydrogens (tertiary/aromatic N) is 4. The highest BCUT2D eigenvalue weighted by atomic mass is 19.3. The minimum atomic E-state index is -2.95. The zero-order chi connectivity index (χ0) is 28.3. The number of fused-ring (bicyclic) bond motifs is 1. The van der Waals surface area contributed by atoms with Crippen LogP contribution in [0.25, 0.3) is 11.0 Å². The van der Waals surface area contributed by atoms with Crippen LogP contribution in [0.5, 0.6) is 0 Å². The number of hydrogen-bond acceptors (Lipinski definition) is 7. The number of nitrogens with one attached hydrogen (secondary N) is 2. The van der Waals surface area contributed by atoms with Gasteiger partial charge in [0.1, 0.15) is 11.3 Å². The van der Waals surface area contributed by atoms with Gasteiger partial charge in [-0.15, -0.1) is 5.10 Å². The Hall–Kier alpha value is -3.29. The molecule has 0 radical (unpaired) electrons. The van der Waals surface area contributed by atoms with Crippen molar-refractivity contribution in [1.29, 1.82) is 0 Å². The van der Waals surface area contributed by atoms with Crippen LogP contribution >= 0.6 is 0 Å². The molecule has 6 rings (SSSR count). The van der Waals surface area contributed by atoms with E-state index in [9.17, 15) is 22.4 Å². The predicted octanol–water partition coefficient (Wildman–Crippen LogP) is 4.90. The summed E-state index contributed by atoms with van der Waals surface area (Å²) < 4.78 is 82.2. The number of aromatic nitrogens is 4. The van der Waals surface area contributed by atoms with Crippen molar-refractivity contribution in [2.24, 2.45) is 5.92 Å². The van der Waals surface area contributed by atoms with Gasteiger partial charge < -0.3 is 24.4 Å². The van der Waals surface area contributed by atoms with Gasteiger partial charge >= 0.3 is 6.01 Å². The molecule has 14 heteroatoms. The number of benzene rings is 1. The van der Waals surface area contributed by atoms with Crippen LogP contribution in [0.2, 0.25) is 0 Å². The Morgan fingerprint density at radius 1 is 1.07 bits per heavy atom. The highest BCUT2D eigenvalue weighted by molar-refractivity contribution is 5.91. The normalized spacial score (nSPS) is 23.1. The topological polar surface area (TPSA) is 109 Å². The van der Waals surface area contributed by atoms with Crippen LogP contribution in [0.3, 0.4) is 0 Å². The van der Waals surface area contributed by atoms with E-state index >= 15 is 4.39 Å². The van der Waals surface area contributed by atoms with Crippen molar-refractivity contribution >= 4 is 23.0 Å². The van der Waals surface area contributed by atoms with Gasteiger partial charge in [0.05, 0.1) is 30.1 Å². The highest BCUT2D eigenvalue weighted by Crippen LogP contribution is 2.44. The first-order valence-corrected chi connectivity index (χ1v) is 13.3. The van der Waals surface area contributed by atoms with Gasteiger partial charge in [0, 0.05) is 38.5 Å². The van der Waals surface area contributed by atoms with Gasteiger partial charge in [-0.3, -0.25) is 4.79 Å². The molecule has 3 aliphatic rings. The van der Waals surface area contributed by atoms with Crippen molar-refractivity contribution in [3.05, 3.63) is 35.2 Å². The summed E-state index contributed by atoms with van der Waals surface area (Å²) in [5, 5.41) is 10.8. The summed E-state index contributed by atoms with van der Waals surface area (Å²) in [6.45, 7) is 0.575. The maximum absolute atomic E-state index is 16.2. The van der Waals surface area contributed by atoms with Gasteiger partial charge in [0.2, 0.25) is 17.7 Å². The molecule has 2 N–H and O–H groups in total. The smallest absolute Gasteiger partial charge is 0.316 e. The molecule has 3 fully saturated rings. The van der Waals surface area contributed by atoms with Gasteiger partial charge in [-0.2, -0.15) is 0 Å². The zero-order valence-electron chi connectivity index (χ0n) is 21.8. The van der Waals surface area contributed by atoms with Crippen molar-refractivity contribution in [2.45, 2.75) is 68.8 Å². The van der Waals surface area contributed by atoms with E-state index in [0.29, 0.717) is 17.2 Å². The molecule has 1 aromatic carbocycles. The third-order valence-electron chi connectivity index (χ3n) is 8.35. The molecule has 1 aliphatic carbocycles. The number of carbonyl (C=O) groups excluding carboxylic acids is 1. The largest absolute Gasteiger partial charge is 0.408 e. The number of ether oxygens (including phenoxy) is 1. The third-order valence-corrected chi connectivity index (χ3v) is 8.35. The molecule has 9 nitrogen and oxygen atoms in total. The fourth-order valence-electron chi connectivity index (χ4n) is 6.15. The fraction of sp³-hybridized carbons (Fsp3) is 0.615. The average molecular weight is 569 g/mol. The molecule has 2 aliphatic heterocycles. The molecule has 1 amide bonds. The molecule has 3 aromatic rings. The van der Waals surface area contributed by atoms with E-state index < -0.39 is 48.1 Å². The minimum absolute atomic E-state index is 0.0326. The minimum Gasteiger partial charge on any atom is -0.408 e. The van der Waals surface area contributed by atoms with Gasteiger partial charge in [0.25, 0.3) is 5.92 Å². The van der Waals surface area contributed by atoms with Crippen molar-refractivity contribution in [2.75, 3.05) is 31.6 Å². The quantitative estimate of drug-likeness (QED) is 0.407. The lowest BCUT2D eigenvalue weighted by atomic mass is 9.72. The molecule has 2 saturated heterocycles. The number of aryl methyl sites for hydroxylation is 1. The van der Waals surface area contributed by atoms with Crippen molar-refractivity contribution < 1.29 is 35.9 Å². The molecule has 0 spiro atoms. The van der Waals surface area contributed by atoms with E-state index in [4.69, 9.17) is 9.15 Å². The SMILES string of the molecule is Cc1nnc(N[C@H](c2nc3c(F)c(C4(C(=O)N5CC(F)(F)C5)CCOCC4)ccc3[nH]2)C2CCC(F)(F)CC2)o1. The van der Waals surface area contributed by atoms with Crippen LogP contribution in [-0.2, 0) is 14.9 Å². The van der Waals surface area contributed by atoms with E-state index in [2.05, 4.69) is 25.5 Å². The number of alkyl halides is 4. The number of aromatic amines is 1. The second kappa shape index (κ2) is 9.67. The van der Waals surface area contributed by atoms with Crippen molar-refractivity contribution in [3.63, 3.8) is 0 Å². The molecule has 2 aromatic heterocycles. The maximum Gasteiger partial charge on any atom is 0.316 e. The summed E-state index contributed by atoms with van der Waals surface area (Å²) >= 11 is 0. The molecular formula is C26H29F5N6O3. The second-order valence-corrected chi connectivity index (χ2v) is 11.1. The second-order valence-electron chi connectivity index (χ2n) is 11.1. The van der Waals surface area contributed by atoms with Gasteiger partial charge in [-0.1, -0.05) is 11.2 Å². The number of carbonyl (C=O) groups is 1. The summed E-state index contributed by atoms with van der Waals surface area (Å²) in [6, 6.07) is 2.52. The highest BCUT2D eigenvalue weighted by Gasteiger charge is 2.54. The van der Waals surface area contributed by atoms with Crippen LogP contribution in [-0.4, -0.2) is 69.1 Å². The van der Waals surface area contributed by atoms with Crippen LogP contribution in [0.1, 0.15) is 61.8 Å². The lowest BCUT2D eigenvalue weighted by molar-refractivity contribution is -0.174. The van der Waals surface area contributed by atoms with Crippen molar-refractivity contribution in [1.82, 2.24) is 25.1 Å². The molecule has 1 saturated carbocycles. The van der Waals surface area contributed by atoms with Crippen LogP contribution in [0.4, 0.5) is 28.0 Å². The summed E-state index contributed by atoms with van der Waals surface area (Å²) in [4.78, 5) is 22.2. The average Bonchev–Trinajstić information content (AvgIpc) is 3.52. The van der Waals surface area contributed by atoms with E-state index in [-0.39, 0.29) is 74.8 Å². The van der Waals surface area contributed by atoms with Gasteiger partial charge in [-0.05, 0) is 37.7 Å². The maximum atomic E-state index is 16.2. The number of imidazole rings is 1. The number of likely N-dealkylation sites (tertiary alicyclic amines) is 1. The first-order chi connectivity index (χ1) is 19.0. The lowest BCUT2D eigenvalue weighted by Gasteiger charge is -2.46. The summed E-state index contributed by atoms with van der Waals surface area (Å²) in [5.74, 6) is -6.66. The lowest BCUT2D eigenvalue weighted by Crippen LogP contribution is -2.63. The van der Waals surface area contributed by atoms with Gasteiger partial charge in [-0.25, -0.2) is 26.9 Å². The fourth-order valence-corrected chi connectivity index (χ4v) is 6.15. The standard InChI is InChI=1S/C26H29F5N6O3/c1-14-35-36-23(40-14)34-19(15-4-6-25(28,29)7-5-15)21-32-17-3-2-16(18(27)20(17)33-21)24(8-10-39-11-9-24)22(38)37-12-26(30,31)13-37/h2-3,15,19H,4-13H2,1H3,(H,32,33)(H,34,36)/t19-/m0/s1. The summed E-state index contributed by atoms with van der Waals surface area (Å²) in [5.41, 5.74) is -0.971. The molecule has 0 unspecified atom stereocenters. The van der Waals surface area contributed by atoms with Crippen LogP contribution in [0.15, 0.2) is 16.5 Å². The number of H-pyrrole nitrogens is 1. The van der Waals surface area contributed by atoms with E-state index in [0.717, 1.165) is 4.90 Å². The number of rotatable bonds is 6. The molecular weight excluding hydrogens is 539 g/mol. The Morgan fingerprint density at radius 2 is 1.77 bits per heavy atom.